The van der Waals surface area contributed by atoms with Gasteiger partial charge in [-0.05, 0) is 24.8 Å². The lowest BCUT2D eigenvalue weighted by atomic mass is 10.3. The number of nitrogens with one attached hydrogen (secondary N) is 1. The number of thioether (sulfide) groups is 1. The number of hydrogen-bond donors (Lipinski definition) is 1. The van der Waals surface area contributed by atoms with Crippen LogP contribution in [0, 0.1) is 12.3 Å². The summed E-state index contributed by atoms with van der Waals surface area (Å²) >= 11 is 3.12. The fraction of sp³-hybridized carbons (Fsp3) is 0.357. The predicted octanol–water partition coefficient (Wildman–Crippen LogP) is 1.81. The second-order valence-electron chi connectivity index (χ2n) is 4.32. The van der Waals surface area contributed by atoms with Crippen LogP contribution in [0.2, 0.25) is 0 Å². The molecule has 2 aromatic heterocycles. The zero-order valence-corrected chi connectivity index (χ0v) is 13.3. The van der Waals surface area contributed by atoms with Crippen molar-refractivity contribution in [3.05, 3.63) is 28.7 Å². The topological polar surface area (TPSA) is 59.8 Å². The first-order valence-corrected chi connectivity index (χ1v) is 8.24. The summed E-state index contributed by atoms with van der Waals surface area (Å²) in [6, 6.07) is 4.15. The van der Waals surface area contributed by atoms with Crippen molar-refractivity contribution in [1.29, 1.82) is 0 Å². The van der Waals surface area contributed by atoms with Crippen molar-refractivity contribution in [3.63, 3.8) is 0 Å². The van der Waals surface area contributed by atoms with E-state index in [-0.39, 0.29) is 17.7 Å². The van der Waals surface area contributed by atoms with Gasteiger partial charge in [0, 0.05) is 11.4 Å². The van der Waals surface area contributed by atoms with Gasteiger partial charge in [0.15, 0.2) is 5.16 Å². The fourth-order valence-corrected chi connectivity index (χ4v) is 3.24. The quantitative estimate of drug-likeness (QED) is 0.624. The molecule has 2 rings (SSSR count). The molecule has 1 amide bonds. The Bertz CT molecular complexity index is 615. The van der Waals surface area contributed by atoms with Crippen molar-refractivity contribution in [3.8, 4) is 12.3 Å². The molecule has 0 aliphatic carbocycles. The van der Waals surface area contributed by atoms with Crippen LogP contribution in [0.1, 0.15) is 11.8 Å². The summed E-state index contributed by atoms with van der Waals surface area (Å²) < 4.78 is 1.97. The average molecular weight is 320 g/mol. The van der Waals surface area contributed by atoms with E-state index in [1.807, 2.05) is 17.6 Å². The third kappa shape index (κ3) is 4.62. The zero-order chi connectivity index (χ0) is 15.1. The van der Waals surface area contributed by atoms with Crippen LogP contribution in [0.4, 0.5) is 0 Å². The first kappa shape index (κ1) is 15.6. The van der Waals surface area contributed by atoms with Gasteiger partial charge < -0.3 is 9.88 Å². The van der Waals surface area contributed by atoms with Crippen molar-refractivity contribution in [2.75, 3.05) is 6.54 Å². The molecule has 21 heavy (non-hydrogen) atoms. The third-order valence-corrected chi connectivity index (χ3v) is 4.81. The zero-order valence-electron chi connectivity index (χ0n) is 11.7. The number of carbonyl (C=O) groups is 1. The van der Waals surface area contributed by atoms with Crippen LogP contribution in [0.25, 0.3) is 0 Å². The summed E-state index contributed by atoms with van der Waals surface area (Å²) in [7, 11) is 0. The summed E-state index contributed by atoms with van der Waals surface area (Å²) in [6.07, 6.45) is 7.75. The fourth-order valence-electron chi connectivity index (χ4n) is 1.67. The first-order valence-electron chi connectivity index (χ1n) is 6.48. The average Bonchev–Trinajstić information content (AvgIpc) is 3.13. The minimum absolute atomic E-state index is 0.0919. The summed E-state index contributed by atoms with van der Waals surface area (Å²) in [5, 5.41) is 13.2. The molecule has 0 aliphatic heterocycles. The molecular formula is C14H16N4OS2. The van der Waals surface area contributed by atoms with Crippen molar-refractivity contribution in [2.24, 2.45) is 0 Å². The monoisotopic (exact) mass is 320 g/mol. The number of aromatic nitrogens is 3. The van der Waals surface area contributed by atoms with Crippen LogP contribution in [0.15, 0.2) is 29.0 Å². The Hall–Kier alpha value is -1.78. The van der Waals surface area contributed by atoms with Crippen LogP contribution in [-0.2, 0) is 17.8 Å². The molecule has 5 nitrogen and oxygen atoms in total. The van der Waals surface area contributed by atoms with Crippen molar-refractivity contribution >= 4 is 29.0 Å². The van der Waals surface area contributed by atoms with E-state index in [0.29, 0.717) is 0 Å². The molecule has 0 bridgehead atoms. The number of thiophene rings is 1. The number of rotatable bonds is 7. The lowest BCUT2D eigenvalue weighted by molar-refractivity contribution is -0.120. The van der Waals surface area contributed by atoms with Crippen LogP contribution >= 0.6 is 23.1 Å². The van der Waals surface area contributed by atoms with Gasteiger partial charge in [-0.25, -0.2) is 0 Å². The van der Waals surface area contributed by atoms with Gasteiger partial charge in [-0.1, -0.05) is 23.7 Å². The van der Waals surface area contributed by atoms with Crippen LogP contribution in [0.3, 0.4) is 0 Å². The van der Waals surface area contributed by atoms with E-state index < -0.39 is 0 Å². The highest BCUT2D eigenvalue weighted by atomic mass is 32.2. The van der Waals surface area contributed by atoms with Gasteiger partial charge in [-0.3, -0.25) is 4.79 Å². The van der Waals surface area contributed by atoms with E-state index in [1.54, 1.807) is 17.7 Å². The lowest BCUT2D eigenvalue weighted by Gasteiger charge is -2.11. The molecule has 0 radical (unpaired) electrons. The van der Waals surface area contributed by atoms with Crippen LogP contribution in [-0.4, -0.2) is 32.5 Å². The second kappa shape index (κ2) is 7.86. The van der Waals surface area contributed by atoms with Gasteiger partial charge in [-0.15, -0.1) is 28.0 Å². The highest BCUT2D eigenvalue weighted by molar-refractivity contribution is 8.00. The predicted molar refractivity (Wildman–Crippen MR) is 85.2 cm³/mol. The molecule has 2 aromatic rings. The first-order chi connectivity index (χ1) is 10.2. The van der Waals surface area contributed by atoms with E-state index in [4.69, 9.17) is 6.42 Å². The molecule has 1 atom stereocenters. The molecule has 0 saturated carbocycles. The van der Waals surface area contributed by atoms with E-state index in [9.17, 15) is 4.79 Å². The van der Waals surface area contributed by atoms with E-state index in [0.717, 1.165) is 18.1 Å². The number of terminal acetylenes is 1. The van der Waals surface area contributed by atoms with Crippen molar-refractivity contribution in [2.45, 2.75) is 30.3 Å². The van der Waals surface area contributed by atoms with Gasteiger partial charge in [-0.2, -0.15) is 0 Å². The summed E-state index contributed by atoms with van der Waals surface area (Å²) in [5.74, 6) is 2.29. The summed E-state index contributed by atoms with van der Waals surface area (Å²) in [4.78, 5) is 13.1. The van der Waals surface area contributed by atoms with E-state index >= 15 is 0 Å². The summed E-state index contributed by atoms with van der Waals surface area (Å²) in [5.41, 5.74) is 0. The van der Waals surface area contributed by atoms with Gasteiger partial charge in [0.2, 0.25) is 5.91 Å². The minimum atomic E-state index is -0.261. The maximum absolute atomic E-state index is 11.8. The number of carbonyl (C=O) groups excluding carboxylic acids is 1. The molecule has 110 valence electrons. The molecule has 1 N–H and O–H groups in total. The van der Waals surface area contributed by atoms with Crippen molar-refractivity contribution < 1.29 is 4.79 Å². The smallest absolute Gasteiger partial charge is 0.234 e. The van der Waals surface area contributed by atoms with Gasteiger partial charge in [0.05, 0.1) is 11.8 Å². The minimum Gasteiger partial charge on any atom is -0.344 e. The molecule has 0 aromatic carbocycles. The second-order valence-corrected chi connectivity index (χ2v) is 6.66. The van der Waals surface area contributed by atoms with Crippen molar-refractivity contribution in [1.82, 2.24) is 20.1 Å². The Labute approximate surface area is 132 Å². The molecule has 0 aliphatic rings. The molecule has 7 heteroatoms. The highest BCUT2D eigenvalue weighted by Gasteiger charge is 2.17. The normalized spacial score (nSPS) is 11.8. The molecular weight excluding hydrogens is 304 g/mol. The summed E-state index contributed by atoms with van der Waals surface area (Å²) in [6.45, 7) is 2.87. The molecule has 2 heterocycles. The number of aryl methyl sites for hydroxylation is 2. The van der Waals surface area contributed by atoms with Crippen LogP contribution in [0.5, 0.6) is 0 Å². The molecule has 1 unspecified atom stereocenters. The number of hydrogen-bond acceptors (Lipinski definition) is 5. The number of nitrogens with zero attached hydrogens (tertiary/aromatic N) is 3. The largest absolute Gasteiger partial charge is 0.344 e. The molecule has 0 spiro atoms. The van der Waals surface area contributed by atoms with Gasteiger partial charge >= 0.3 is 0 Å². The SMILES string of the molecule is C#CCNC(=O)C(C)Sc1nncn1CCc1cccs1. The lowest BCUT2D eigenvalue weighted by Crippen LogP contribution is -2.31. The molecule has 0 fully saturated rings. The number of amides is 1. The van der Waals surface area contributed by atoms with E-state index in [1.165, 1.54) is 16.6 Å². The highest BCUT2D eigenvalue weighted by Crippen LogP contribution is 2.21. The Morgan fingerprint density at radius 1 is 1.67 bits per heavy atom. The van der Waals surface area contributed by atoms with Gasteiger partial charge in [0.25, 0.3) is 0 Å². The Balaban J connectivity index is 1.90. The third-order valence-electron chi connectivity index (χ3n) is 2.78. The van der Waals surface area contributed by atoms with Gasteiger partial charge in [0.1, 0.15) is 6.33 Å². The Morgan fingerprint density at radius 2 is 2.52 bits per heavy atom. The Kier molecular flexibility index (Phi) is 5.84. The maximum Gasteiger partial charge on any atom is 0.234 e. The van der Waals surface area contributed by atoms with Crippen LogP contribution < -0.4 is 5.32 Å². The van der Waals surface area contributed by atoms with E-state index in [2.05, 4.69) is 32.9 Å². The maximum atomic E-state index is 11.8. The standard InChI is InChI=1S/C14H16N4OS2/c1-3-7-15-13(19)11(2)21-14-17-16-10-18(14)8-6-12-5-4-9-20-12/h1,4-5,9-11H,6-8H2,2H3,(H,15,19). The molecule has 0 saturated heterocycles. The Morgan fingerprint density at radius 3 is 3.24 bits per heavy atom.